The van der Waals surface area contributed by atoms with Crippen LogP contribution < -0.4 is 4.80 Å². The first kappa shape index (κ1) is 18.2. The fraction of sp³-hybridized carbons (Fsp3) is 0.143. The Morgan fingerprint density at radius 3 is 2.89 bits per heavy atom. The number of rotatable bonds is 6. The highest BCUT2D eigenvalue weighted by molar-refractivity contribution is 7.07. The quantitative estimate of drug-likeness (QED) is 0.396. The van der Waals surface area contributed by atoms with Gasteiger partial charge in [0, 0.05) is 18.1 Å². The van der Waals surface area contributed by atoms with E-state index < -0.39 is 0 Å². The number of hydrogen-bond acceptors (Lipinski definition) is 6. The van der Waals surface area contributed by atoms with Crippen LogP contribution in [-0.2, 0) is 4.74 Å². The minimum absolute atomic E-state index is 0.177. The van der Waals surface area contributed by atoms with Gasteiger partial charge in [0.25, 0.3) is 0 Å². The molecule has 7 heteroatoms. The number of aromatic hydroxyl groups is 1. The van der Waals surface area contributed by atoms with Crippen molar-refractivity contribution in [1.29, 1.82) is 0 Å². The molecule has 28 heavy (non-hydrogen) atoms. The van der Waals surface area contributed by atoms with Crippen LogP contribution in [0.25, 0.3) is 22.2 Å². The summed E-state index contributed by atoms with van der Waals surface area (Å²) in [5.74, 6) is 0.874. The van der Waals surface area contributed by atoms with Gasteiger partial charge in [0.2, 0.25) is 4.80 Å². The second kappa shape index (κ2) is 8.24. The lowest BCUT2D eigenvalue weighted by molar-refractivity contribution is 0.207. The van der Waals surface area contributed by atoms with Crippen LogP contribution in [0.15, 0.2) is 74.7 Å². The number of hydrogen-bond donors (Lipinski definition) is 1. The van der Waals surface area contributed by atoms with E-state index in [0.29, 0.717) is 24.5 Å². The Bertz CT molecular complexity index is 1170. The highest BCUT2D eigenvalue weighted by Crippen LogP contribution is 2.26. The minimum Gasteiger partial charge on any atom is -0.507 e. The molecule has 0 saturated carbocycles. The maximum absolute atomic E-state index is 10.4. The summed E-state index contributed by atoms with van der Waals surface area (Å²) in [7, 11) is 1.65. The third kappa shape index (κ3) is 3.62. The Hall–Kier alpha value is -3.16. The lowest BCUT2D eigenvalue weighted by atomic mass is 10.0. The first-order valence-electron chi connectivity index (χ1n) is 8.77. The second-order valence-electron chi connectivity index (χ2n) is 6.03. The molecule has 2 heterocycles. The number of thiazole rings is 1. The Kier molecular flexibility index (Phi) is 5.36. The second-order valence-corrected chi connectivity index (χ2v) is 6.87. The predicted octanol–water partition coefficient (Wildman–Crippen LogP) is 4.10. The van der Waals surface area contributed by atoms with Gasteiger partial charge in [-0.25, -0.2) is 4.68 Å². The molecule has 142 valence electrons. The average molecular weight is 393 g/mol. The zero-order chi connectivity index (χ0) is 19.3. The van der Waals surface area contributed by atoms with Crippen molar-refractivity contribution in [3.05, 3.63) is 70.5 Å². The summed E-state index contributed by atoms with van der Waals surface area (Å²) in [6, 6.07) is 15.2. The lowest BCUT2D eigenvalue weighted by Crippen LogP contribution is -2.13. The van der Waals surface area contributed by atoms with Gasteiger partial charge in [-0.15, -0.1) is 11.3 Å². The molecule has 0 amide bonds. The fourth-order valence-electron chi connectivity index (χ4n) is 2.88. The summed E-state index contributed by atoms with van der Waals surface area (Å²) < 4.78 is 12.4. The topological polar surface area (TPSA) is 72.2 Å². The number of aromatic nitrogens is 1. The van der Waals surface area contributed by atoms with Crippen LogP contribution in [0.3, 0.4) is 0 Å². The summed E-state index contributed by atoms with van der Waals surface area (Å²) >= 11 is 1.47. The number of furan rings is 1. The molecule has 4 aromatic rings. The maximum Gasteiger partial charge on any atom is 0.206 e. The van der Waals surface area contributed by atoms with Gasteiger partial charge in [0.1, 0.15) is 11.4 Å². The van der Waals surface area contributed by atoms with E-state index in [1.165, 1.54) is 11.3 Å². The predicted molar refractivity (Wildman–Crippen MR) is 111 cm³/mol. The van der Waals surface area contributed by atoms with E-state index in [1.54, 1.807) is 30.3 Å². The largest absolute Gasteiger partial charge is 0.507 e. The summed E-state index contributed by atoms with van der Waals surface area (Å²) in [5.41, 5.74) is 1.45. The Labute approximate surface area is 165 Å². The van der Waals surface area contributed by atoms with E-state index in [4.69, 9.17) is 9.15 Å². The number of phenolic OH excluding ortho intramolecular Hbond substituents is 1. The first-order chi connectivity index (χ1) is 13.8. The van der Waals surface area contributed by atoms with E-state index in [-0.39, 0.29) is 5.75 Å². The maximum atomic E-state index is 10.4. The van der Waals surface area contributed by atoms with Gasteiger partial charge in [-0.1, -0.05) is 30.3 Å². The molecule has 0 fully saturated rings. The van der Waals surface area contributed by atoms with E-state index >= 15 is 0 Å². The lowest BCUT2D eigenvalue weighted by Gasteiger charge is -2.05. The van der Waals surface area contributed by atoms with Gasteiger partial charge in [-0.3, -0.25) is 4.99 Å². The van der Waals surface area contributed by atoms with Crippen molar-refractivity contribution in [3.63, 3.8) is 0 Å². The molecule has 0 spiro atoms. The van der Waals surface area contributed by atoms with E-state index in [0.717, 1.165) is 21.3 Å². The molecule has 6 nitrogen and oxygen atoms in total. The van der Waals surface area contributed by atoms with Gasteiger partial charge in [0.15, 0.2) is 5.76 Å². The normalized spacial score (nSPS) is 12.4. The van der Waals surface area contributed by atoms with Gasteiger partial charge in [-0.05, 0) is 29.0 Å². The molecule has 2 aromatic carbocycles. The highest BCUT2D eigenvalue weighted by atomic mass is 32.1. The molecule has 0 aliphatic rings. The van der Waals surface area contributed by atoms with Crippen molar-refractivity contribution in [3.8, 4) is 17.2 Å². The Morgan fingerprint density at radius 2 is 2.07 bits per heavy atom. The van der Waals surface area contributed by atoms with E-state index in [1.807, 2.05) is 47.8 Å². The fourth-order valence-corrected chi connectivity index (χ4v) is 3.73. The molecule has 0 saturated heterocycles. The molecule has 4 rings (SSSR count). The third-order valence-corrected chi connectivity index (χ3v) is 5.11. The van der Waals surface area contributed by atoms with Crippen molar-refractivity contribution >= 4 is 28.3 Å². The molecule has 0 unspecified atom stereocenters. The monoisotopic (exact) mass is 393 g/mol. The van der Waals surface area contributed by atoms with Crippen molar-refractivity contribution in [2.24, 2.45) is 10.1 Å². The molecule has 2 aromatic heterocycles. The van der Waals surface area contributed by atoms with E-state index in [9.17, 15) is 5.11 Å². The number of benzene rings is 2. The molecule has 0 bridgehead atoms. The van der Waals surface area contributed by atoms with Crippen LogP contribution >= 0.6 is 11.3 Å². The molecule has 0 aliphatic heterocycles. The van der Waals surface area contributed by atoms with Crippen LogP contribution in [0.5, 0.6) is 5.75 Å². The number of phenols is 1. The molecular formula is C21H19N3O3S. The van der Waals surface area contributed by atoms with Crippen LogP contribution in [-0.4, -0.2) is 36.3 Å². The number of methoxy groups -OCH3 is 1. The van der Waals surface area contributed by atoms with Crippen LogP contribution in [0.2, 0.25) is 0 Å². The van der Waals surface area contributed by atoms with E-state index in [2.05, 4.69) is 10.1 Å². The van der Waals surface area contributed by atoms with Crippen molar-refractivity contribution in [2.75, 3.05) is 20.3 Å². The highest BCUT2D eigenvalue weighted by Gasteiger charge is 2.10. The Balaban J connectivity index is 1.82. The third-order valence-electron chi connectivity index (χ3n) is 4.25. The number of fused-ring (bicyclic) bond motifs is 1. The zero-order valence-corrected chi connectivity index (χ0v) is 16.1. The van der Waals surface area contributed by atoms with Gasteiger partial charge in [0.05, 0.1) is 25.6 Å². The van der Waals surface area contributed by atoms with Crippen LogP contribution in [0.4, 0.5) is 0 Å². The zero-order valence-electron chi connectivity index (χ0n) is 15.3. The summed E-state index contributed by atoms with van der Waals surface area (Å²) in [6.45, 7) is 1.06. The van der Waals surface area contributed by atoms with Crippen molar-refractivity contribution < 1.29 is 14.3 Å². The summed E-state index contributed by atoms with van der Waals surface area (Å²) in [4.78, 5) is 5.28. The van der Waals surface area contributed by atoms with Gasteiger partial charge >= 0.3 is 0 Å². The van der Waals surface area contributed by atoms with Crippen molar-refractivity contribution in [2.45, 2.75) is 0 Å². The standard InChI is InChI=1S/C21H19N3O3S/c1-26-12-10-22-21-24(18(14-28-21)20-7-4-11-27-20)23-13-17-16-6-3-2-5-15(16)8-9-19(17)25/h2-9,11,13-14,25H,10,12H2,1H3/b22-21?,23-13-. The first-order valence-corrected chi connectivity index (χ1v) is 9.65. The summed E-state index contributed by atoms with van der Waals surface area (Å²) in [5, 5.41) is 18.9. The van der Waals surface area contributed by atoms with Crippen molar-refractivity contribution in [1.82, 2.24) is 4.68 Å². The van der Waals surface area contributed by atoms with Gasteiger partial charge in [-0.2, -0.15) is 5.10 Å². The Morgan fingerprint density at radius 1 is 1.18 bits per heavy atom. The van der Waals surface area contributed by atoms with Crippen LogP contribution in [0, 0.1) is 0 Å². The minimum atomic E-state index is 0.177. The summed E-state index contributed by atoms with van der Waals surface area (Å²) in [6.07, 6.45) is 3.28. The molecule has 1 N–H and O–H groups in total. The molecule has 0 radical (unpaired) electrons. The molecular weight excluding hydrogens is 374 g/mol. The SMILES string of the molecule is COCCN=c1scc(-c2ccco2)n1/N=C\c1c(O)ccc2ccccc12. The number of ether oxygens (including phenoxy) is 1. The number of nitrogens with zero attached hydrogens (tertiary/aromatic N) is 3. The molecule has 0 aliphatic carbocycles. The van der Waals surface area contributed by atoms with Crippen LogP contribution in [0.1, 0.15) is 5.56 Å². The smallest absolute Gasteiger partial charge is 0.206 e. The average Bonchev–Trinajstić information content (AvgIpc) is 3.37. The molecule has 0 atom stereocenters. The van der Waals surface area contributed by atoms with Gasteiger partial charge < -0.3 is 14.3 Å².